The Hall–Kier alpha value is -1.40. The smallest absolute Gasteiger partial charge is 0.230 e. The van der Waals surface area contributed by atoms with Gasteiger partial charge in [0.05, 0.1) is 11.2 Å². The fraction of sp³-hybridized carbons (Fsp3) is 0.588. The molecular weight excluding hydrogens is 312 g/mol. The quantitative estimate of drug-likeness (QED) is 0.843. The summed E-state index contributed by atoms with van der Waals surface area (Å²) in [5.41, 5.74) is 0.304. The molecule has 1 atom stereocenters. The van der Waals surface area contributed by atoms with Crippen molar-refractivity contribution in [2.24, 2.45) is 5.41 Å². The molecule has 23 heavy (non-hydrogen) atoms. The predicted molar refractivity (Wildman–Crippen MR) is 89.2 cm³/mol. The van der Waals surface area contributed by atoms with Gasteiger partial charge in [0.2, 0.25) is 15.9 Å². The van der Waals surface area contributed by atoms with Gasteiger partial charge in [-0.05, 0) is 31.7 Å². The van der Waals surface area contributed by atoms with Crippen LogP contribution in [-0.2, 0) is 20.6 Å². The van der Waals surface area contributed by atoms with Crippen molar-refractivity contribution in [1.29, 1.82) is 0 Å². The minimum absolute atomic E-state index is 0.00953. The molecule has 2 aliphatic rings. The maximum absolute atomic E-state index is 12.8. The molecule has 2 heterocycles. The van der Waals surface area contributed by atoms with E-state index in [9.17, 15) is 13.2 Å². The van der Waals surface area contributed by atoms with Crippen molar-refractivity contribution in [3.05, 3.63) is 35.9 Å². The fourth-order valence-corrected chi connectivity index (χ4v) is 5.42. The summed E-state index contributed by atoms with van der Waals surface area (Å²) in [6.45, 7) is 4.30. The Bertz CT molecular complexity index is 674. The van der Waals surface area contributed by atoms with Crippen molar-refractivity contribution in [2.45, 2.75) is 31.9 Å². The average molecular weight is 336 g/mol. The zero-order valence-electron chi connectivity index (χ0n) is 13.6. The first-order chi connectivity index (χ1) is 11.0. The molecule has 1 aromatic rings. The van der Waals surface area contributed by atoms with Gasteiger partial charge >= 0.3 is 0 Å². The van der Waals surface area contributed by atoms with Gasteiger partial charge in [-0.15, -0.1) is 0 Å². The zero-order chi connectivity index (χ0) is 16.5. The Kier molecular flexibility index (Phi) is 4.47. The minimum Gasteiger partial charge on any atom is -0.342 e. The summed E-state index contributed by atoms with van der Waals surface area (Å²) in [6, 6.07) is 9.24. The van der Waals surface area contributed by atoms with Crippen LogP contribution in [0.1, 0.15) is 31.7 Å². The zero-order valence-corrected chi connectivity index (χ0v) is 14.4. The van der Waals surface area contributed by atoms with Gasteiger partial charge in [-0.2, -0.15) is 0 Å². The number of amides is 1. The van der Waals surface area contributed by atoms with Gasteiger partial charge in [-0.25, -0.2) is 12.7 Å². The van der Waals surface area contributed by atoms with E-state index in [0.29, 0.717) is 19.6 Å². The monoisotopic (exact) mass is 336 g/mol. The third kappa shape index (κ3) is 3.15. The number of rotatable bonds is 4. The number of hydrogen-bond donors (Lipinski definition) is 0. The Morgan fingerprint density at radius 3 is 2.52 bits per heavy atom. The van der Waals surface area contributed by atoms with Gasteiger partial charge in [-0.1, -0.05) is 30.3 Å². The summed E-state index contributed by atoms with van der Waals surface area (Å²) in [7, 11) is -3.38. The van der Waals surface area contributed by atoms with E-state index in [4.69, 9.17) is 0 Å². The fourth-order valence-electron chi connectivity index (χ4n) is 3.78. The number of benzene rings is 1. The van der Waals surface area contributed by atoms with E-state index in [-0.39, 0.29) is 11.7 Å². The van der Waals surface area contributed by atoms with Gasteiger partial charge in [0.15, 0.2) is 0 Å². The highest BCUT2D eigenvalue weighted by molar-refractivity contribution is 7.88. The molecule has 0 unspecified atom stereocenters. The van der Waals surface area contributed by atoms with Crippen LogP contribution in [0.3, 0.4) is 0 Å². The van der Waals surface area contributed by atoms with Crippen LogP contribution in [-0.4, -0.2) is 49.7 Å². The van der Waals surface area contributed by atoms with Gasteiger partial charge in [0, 0.05) is 26.2 Å². The van der Waals surface area contributed by atoms with Crippen molar-refractivity contribution < 1.29 is 13.2 Å². The summed E-state index contributed by atoms with van der Waals surface area (Å²) in [6.07, 6.45) is 2.34. The summed E-state index contributed by atoms with van der Waals surface area (Å²) in [5.74, 6) is 0.148. The summed E-state index contributed by atoms with van der Waals surface area (Å²) in [5, 5.41) is 0. The van der Waals surface area contributed by atoms with Crippen LogP contribution in [0.15, 0.2) is 30.3 Å². The van der Waals surface area contributed by atoms with Crippen LogP contribution < -0.4 is 0 Å². The topological polar surface area (TPSA) is 57.7 Å². The molecule has 1 spiro atoms. The number of sulfonamides is 1. The van der Waals surface area contributed by atoms with Gasteiger partial charge < -0.3 is 4.90 Å². The summed E-state index contributed by atoms with van der Waals surface area (Å²) < 4.78 is 27.0. The van der Waals surface area contributed by atoms with E-state index in [0.717, 1.165) is 31.4 Å². The largest absolute Gasteiger partial charge is 0.342 e. The molecule has 2 fully saturated rings. The molecule has 0 radical (unpaired) electrons. The molecule has 5 nitrogen and oxygen atoms in total. The molecule has 0 aromatic heterocycles. The molecule has 1 amide bonds. The molecule has 3 rings (SSSR count). The van der Waals surface area contributed by atoms with Crippen LogP contribution in [0, 0.1) is 5.41 Å². The van der Waals surface area contributed by atoms with Crippen molar-refractivity contribution in [3.63, 3.8) is 0 Å². The van der Waals surface area contributed by atoms with Crippen LogP contribution in [0.5, 0.6) is 0 Å². The number of hydrogen-bond acceptors (Lipinski definition) is 3. The SMILES string of the molecule is CCN1CC[C@]2(CCCN(S(=O)(=O)Cc3ccccc3)C2)C1=O. The first-order valence-electron chi connectivity index (χ1n) is 8.28. The predicted octanol–water partition coefficient (Wildman–Crippen LogP) is 1.85. The molecule has 2 saturated heterocycles. The molecule has 1 aromatic carbocycles. The lowest BCUT2D eigenvalue weighted by Gasteiger charge is -2.38. The van der Waals surface area contributed by atoms with Gasteiger partial charge in [0.1, 0.15) is 0 Å². The Balaban J connectivity index is 1.77. The molecule has 0 N–H and O–H groups in total. The Labute approximate surface area is 138 Å². The maximum atomic E-state index is 12.8. The molecule has 0 bridgehead atoms. The molecule has 0 aliphatic carbocycles. The lowest BCUT2D eigenvalue weighted by molar-refractivity contribution is -0.137. The Morgan fingerprint density at radius 2 is 1.87 bits per heavy atom. The molecule has 6 heteroatoms. The van der Waals surface area contributed by atoms with Crippen LogP contribution in [0.25, 0.3) is 0 Å². The highest BCUT2D eigenvalue weighted by Gasteiger charge is 2.50. The standard InChI is InChI=1S/C17H24N2O3S/c1-2-18-12-10-17(16(18)20)9-6-11-19(14-17)23(21,22)13-15-7-4-3-5-8-15/h3-5,7-8H,2,6,9-14H2,1H3/t17-/m0/s1. The van der Waals surface area contributed by atoms with E-state index in [2.05, 4.69) is 0 Å². The van der Waals surface area contributed by atoms with E-state index in [1.54, 1.807) is 4.31 Å². The molecule has 0 saturated carbocycles. The number of nitrogens with zero attached hydrogens (tertiary/aromatic N) is 2. The molecular formula is C17H24N2O3S. The number of carbonyl (C=O) groups is 1. The van der Waals surface area contributed by atoms with Crippen LogP contribution in [0.2, 0.25) is 0 Å². The highest BCUT2D eigenvalue weighted by Crippen LogP contribution is 2.41. The molecule has 2 aliphatic heterocycles. The van der Waals surface area contributed by atoms with E-state index >= 15 is 0 Å². The number of carbonyl (C=O) groups excluding carboxylic acids is 1. The molecule has 126 valence electrons. The first kappa shape index (κ1) is 16.5. The maximum Gasteiger partial charge on any atom is 0.230 e. The second-order valence-electron chi connectivity index (χ2n) is 6.59. The van der Waals surface area contributed by atoms with E-state index in [1.807, 2.05) is 42.2 Å². The third-order valence-electron chi connectivity index (χ3n) is 5.11. The second kappa shape index (κ2) is 6.24. The summed E-state index contributed by atoms with van der Waals surface area (Å²) in [4.78, 5) is 14.5. The van der Waals surface area contributed by atoms with Crippen molar-refractivity contribution in [3.8, 4) is 0 Å². The number of piperidine rings is 1. The normalized spacial score (nSPS) is 26.1. The van der Waals surface area contributed by atoms with E-state index < -0.39 is 15.4 Å². The van der Waals surface area contributed by atoms with Crippen molar-refractivity contribution in [1.82, 2.24) is 9.21 Å². The van der Waals surface area contributed by atoms with Gasteiger partial charge in [0.25, 0.3) is 0 Å². The Morgan fingerprint density at radius 1 is 1.13 bits per heavy atom. The minimum atomic E-state index is -3.38. The first-order valence-corrected chi connectivity index (χ1v) is 9.89. The van der Waals surface area contributed by atoms with Gasteiger partial charge in [-0.3, -0.25) is 4.79 Å². The van der Waals surface area contributed by atoms with Crippen molar-refractivity contribution >= 4 is 15.9 Å². The second-order valence-corrected chi connectivity index (χ2v) is 8.56. The lowest BCUT2D eigenvalue weighted by atomic mass is 9.79. The van der Waals surface area contributed by atoms with Crippen LogP contribution in [0.4, 0.5) is 0 Å². The third-order valence-corrected chi connectivity index (χ3v) is 6.91. The number of likely N-dealkylation sites (tertiary alicyclic amines) is 1. The lowest BCUT2D eigenvalue weighted by Crippen LogP contribution is -2.50. The average Bonchev–Trinajstić information content (AvgIpc) is 2.84. The summed E-state index contributed by atoms with van der Waals surface area (Å²) >= 11 is 0. The highest BCUT2D eigenvalue weighted by atomic mass is 32.2. The van der Waals surface area contributed by atoms with Crippen LogP contribution >= 0.6 is 0 Å². The van der Waals surface area contributed by atoms with E-state index in [1.165, 1.54) is 0 Å². The van der Waals surface area contributed by atoms with Crippen molar-refractivity contribution in [2.75, 3.05) is 26.2 Å².